The van der Waals surface area contributed by atoms with Crippen molar-refractivity contribution in [2.45, 2.75) is 32.2 Å². The number of amides is 2. The maximum atomic E-state index is 15.0. The van der Waals surface area contributed by atoms with Crippen LogP contribution < -0.4 is 20.9 Å². The molecule has 480 valence electrons. The average Bonchev–Trinajstić information content (AvgIpc) is 1.78. The quantitative estimate of drug-likeness (QED) is 0.0372. The van der Waals surface area contributed by atoms with Crippen molar-refractivity contribution in [2.24, 2.45) is 5.73 Å². The van der Waals surface area contributed by atoms with E-state index in [1.165, 1.54) is 6.07 Å². The van der Waals surface area contributed by atoms with Crippen LogP contribution in [-0.4, -0.2) is 294 Å². The molecule has 0 bridgehead atoms. The first-order valence-electron chi connectivity index (χ1n) is 29.9. The summed E-state index contributed by atoms with van der Waals surface area (Å²) in [5.74, 6) is -2.30. The van der Waals surface area contributed by atoms with Gasteiger partial charge in [0.1, 0.15) is 17.5 Å². The largest absolute Gasteiger partial charge is 0.480 e. The van der Waals surface area contributed by atoms with Crippen molar-refractivity contribution in [3.63, 3.8) is 0 Å². The summed E-state index contributed by atoms with van der Waals surface area (Å²) in [7, 11) is 0. The van der Waals surface area contributed by atoms with Crippen LogP contribution in [0.25, 0.3) is 33.5 Å². The number of H-pyrrole nitrogens is 1. The number of piperidine rings is 1. The van der Waals surface area contributed by atoms with Gasteiger partial charge in [-0.25, -0.2) is 14.4 Å². The van der Waals surface area contributed by atoms with Crippen molar-refractivity contribution in [1.82, 2.24) is 44.8 Å². The van der Waals surface area contributed by atoms with E-state index >= 15 is 4.39 Å². The van der Waals surface area contributed by atoms with Crippen LogP contribution in [0.2, 0.25) is 5.02 Å². The zero-order chi connectivity index (χ0) is 61.9. The summed E-state index contributed by atoms with van der Waals surface area (Å²) in [6.07, 6.45) is 3.67. The number of anilines is 2. The van der Waals surface area contributed by atoms with Gasteiger partial charge >= 0.3 is 17.9 Å². The molecule has 28 heteroatoms. The summed E-state index contributed by atoms with van der Waals surface area (Å²) in [6.45, 7) is 11.5. The number of piperazine rings is 1. The van der Waals surface area contributed by atoms with E-state index in [0.717, 1.165) is 52.1 Å². The lowest BCUT2D eigenvalue weighted by Gasteiger charge is -2.39. The van der Waals surface area contributed by atoms with E-state index in [-0.39, 0.29) is 89.1 Å². The van der Waals surface area contributed by atoms with Crippen LogP contribution in [0.5, 0.6) is 0 Å². The third kappa shape index (κ3) is 23.4. The molecular formula is C59H86ClFN12O14. The van der Waals surface area contributed by atoms with Crippen molar-refractivity contribution in [3.05, 3.63) is 59.0 Å². The third-order valence-electron chi connectivity index (χ3n) is 15.1. The number of fused-ring (bicyclic) bond motifs is 1. The number of carbonyl (C=O) groups is 5. The number of carbonyl (C=O) groups excluding carboxylic acids is 2. The van der Waals surface area contributed by atoms with Crippen molar-refractivity contribution < 1.29 is 72.1 Å². The number of aromatic amines is 1. The highest BCUT2D eigenvalue weighted by atomic mass is 35.5. The Hall–Kier alpha value is -6.21. The van der Waals surface area contributed by atoms with E-state index in [0.29, 0.717) is 161 Å². The van der Waals surface area contributed by atoms with E-state index in [1.54, 1.807) is 20.8 Å². The number of imidazole rings is 1. The standard InChI is InChI=1S/C59H86ClFN12O14/c1-43-34-44(36-46(61)35-43)48-38-64-59(56(57(48)72-8-4-47(62)5-9-72)58-65-49-3-2-45(60)37-50(49)66-58)73-20-18-71(19-21-73)52(75)6-22-82-24-26-84-28-30-86-32-33-87-31-29-85-27-25-83-23-7-63-51(74)39-67-10-12-68(40-53(76)77)14-16-70(42-55(80)81)17-15-69(13-11-67)41-54(78)79/h2-3,34-38,47H,4-33,39-42,62H2,1H3,(H,63,74)(H,65,66)(H,76,77)(H,78,79)(H,80,81). The number of aryl methyl sites for hydroxylation is 1. The van der Waals surface area contributed by atoms with Crippen LogP contribution >= 0.6 is 11.6 Å². The van der Waals surface area contributed by atoms with E-state index in [1.807, 2.05) is 47.2 Å². The number of carboxylic acids is 3. The van der Waals surface area contributed by atoms with E-state index < -0.39 is 17.9 Å². The molecule has 0 spiro atoms. The first kappa shape index (κ1) is 68.3. The lowest BCUT2D eigenvalue weighted by Crippen LogP contribution is -2.50. The van der Waals surface area contributed by atoms with Gasteiger partial charge in [0.25, 0.3) is 0 Å². The molecule has 7 rings (SSSR count). The van der Waals surface area contributed by atoms with E-state index in [4.69, 9.17) is 55.7 Å². The summed E-state index contributed by atoms with van der Waals surface area (Å²) < 4.78 is 48.7. The summed E-state index contributed by atoms with van der Waals surface area (Å²) in [5, 5.41) is 31.7. The summed E-state index contributed by atoms with van der Waals surface area (Å²) in [6, 6.07) is 10.7. The van der Waals surface area contributed by atoms with Crippen molar-refractivity contribution in [1.29, 1.82) is 0 Å². The predicted molar refractivity (Wildman–Crippen MR) is 324 cm³/mol. The second-order valence-corrected chi connectivity index (χ2v) is 22.2. The number of rotatable bonds is 33. The van der Waals surface area contributed by atoms with Gasteiger partial charge in [-0.2, -0.15) is 0 Å². The minimum absolute atomic E-state index is 0.00674. The fourth-order valence-corrected chi connectivity index (χ4v) is 10.8. The molecule has 2 aromatic carbocycles. The Labute approximate surface area is 511 Å². The van der Waals surface area contributed by atoms with Gasteiger partial charge in [0.15, 0.2) is 0 Å². The Balaban J connectivity index is 0.713. The van der Waals surface area contributed by atoms with Crippen LogP contribution in [0.3, 0.4) is 0 Å². The highest BCUT2D eigenvalue weighted by Crippen LogP contribution is 2.45. The maximum absolute atomic E-state index is 15.0. The van der Waals surface area contributed by atoms with Crippen LogP contribution in [0.4, 0.5) is 15.9 Å². The Morgan fingerprint density at radius 2 is 1.13 bits per heavy atom. The van der Waals surface area contributed by atoms with Gasteiger partial charge < -0.3 is 74.5 Å². The lowest BCUT2D eigenvalue weighted by molar-refractivity contribution is -0.140. The Bertz CT molecular complexity index is 2770. The molecule has 2 amide bonds. The normalized spacial score (nSPS) is 16.7. The molecular weight excluding hydrogens is 1160 g/mol. The monoisotopic (exact) mass is 1240 g/mol. The van der Waals surface area contributed by atoms with Gasteiger partial charge in [0.2, 0.25) is 11.8 Å². The second kappa shape index (κ2) is 36.3. The highest BCUT2D eigenvalue weighted by molar-refractivity contribution is 6.31. The Morgan fingerprint density at radius 1 is 0.632 bits per heavy atom. The number of halogens is 2. The number of pyridine rings is 1. The molecule has 3 aliphatic heterocycles. The van der Waals surface area contributed by atoms with Crippen LogP contribution in [0, 0.1) is 12.7 Å². The second-order valence-electron chi connectivity index (χ2n) is 21.7. The predicted octanol–water partition coefficient (Wildman–Crippen LogP) is 2.05. The number of aromatic nitrogens is 3. The van der Waals surface area contributed by atoms with Gasteiger partial charge in [-0.1, -0.05) is 17.7 Å². The minimum atomic E-state index is -1.03. The van der Waals surface area contributed by atoms with Gasteiger partial charge in [0, 0.05) is 121 Å². The molecule has 0 aliphatic carbocycles. The smallest absolute Gasteiger partial charge is 0.317 e. The summed E-state index contributed by atoms with van der Waals surface area (Å²) >= 11 is 6.41. The van der Waals surface area contributed by atoms with E-state index in [2.05, 4.69) is 20.1 Å². The van der Waals surface area contributed by atoms with Crippen LogP contribution in [0.1, 0.15) is 24.8 Å². The molecule has 3 aliphatic rings. The number of ether oxygens (including phenoxy) is 6. The van der Waals surface area contributed by atoms with Crippen LogP contribution in [0.15, 0.2) is 42.6 Å². The molecule has 26 nitrogen and oxygen atoms in total. The Morgan fingerprint density at radius 3 is 1.63 bits per heavy atom. The van der Waals surface area contributed by atoms with Gasteiger partial charge in [0.05, 0.1) is 134 Å². The first-order chi connectivity index (χ1) is 42.1. The zero-order valence-electron chi connectivity index (χ0n) is 49.9. The minimum Gasteiger partial charge on any atom is -0.480 e. The molecule has 0 unspecified atom stereocenters. The number of hydrogen-bond acceptors (Lipinski definition) is 20. The topological polar surface area (TPSA) is 304 Å². The zero-order valence-corrected chi connectivity index (χ0v) is 50.6. The number of hydrogen-bond donors (Lipinski definition) is 6. The molecule has 3 fully saturated rings. The fraction of sp³-hybridized carbons (Fsp3) is 0.610. The highest BCUT2D eigenvalue weighted by Gasteiger charge is 2.32. The molecule has 0 radical (unpaired) electrons. The van der Waals surface area contributed by atoms with Gasteiger partial charge in [-0.15, -0.1) is 0 Å². The maximum Gasteiger partial charge on any atom is 0.317 e. The third-order valence-corrected chi connectivity index (χ3v) is 15.4. The average molecular weight is 1240 g/mol. The number of carboxylic acid groups (broad SMARTS) is 3. The number of aliphatic carboxylic acids is 3. The van der Waals surface area contributed by atoms with E-state index in [9.17, 15) is 39.3 Å². The molecule has 0 saturated carbocycles. The summed E-state index contributed by atoms with van der Waals surface area (Å²) in [5.41, 5.74) is 12.0. The van der Waals surface area contributed by atoms with Gasteiger partial charge in [-0.3, -0.25) is 43.6 Å². The first-order valence-corrected chi connectivity index (χ1v) is 30.2. The SMILES string of the molecule is Cc1cc(F)cc(-c2cnc(N3CCN(C(=O)CCOCCOCCOCCOCCOCCOCCNC(=O)CN4CCN(CC(=O)O)CCN(CC(=O)O)CCN(CC(=O)O)CC4)CC3)c(-c3nc4cc(Cl)ccc4[nH]3)c2N2CCC(N)CC2)c1. The number of nitrogens with two attached hydrogens (primary N) is 1. The lowest BCUT2D eigenvalue weighted by atomic mass is 9.96. The molecule has 4 aromatic rings. The van der Waals surface area contributed by atoms with Crippen molar-refractivity contribution >= 4 is 63.9 Å². The molecule has 87 heavy (non-hydrogen) atoms. The Kier molecular flexibility index (Phi) is 28.5. The number of nitrogens with zero attached hydrogens (tertiary/aromatic N) is 9. The molecule has 3 saturated heterocycles. The van der Waals surface area contributed by atoms with Crippen LogP contribution in [-0.2, 0) is 52.4 Å². The number of nitrogens with one attached hydrogen (secondary N) is 2. The molecule has 5 heterocycles. The fourth-order valence-electron chi connectivity index (χ4n) is 10.6. The van der Waals surface area contributed by atoms with Crippen molar-refractivity contribution in [2.75, 3.05) is 213 Å². The molecule has 2 aromatic heterocycles. The number of benzene rings is 2. The van der Waals surface area contributed by atoms with Crippen molar-refractivity contribution in [3.8, 4) is 22.5 Å². The molecule has 7 N–H and O–H groups in total. The summed E-state index contributed by atoms with van der Waals surface area (Å²) in [4.78, 5) is 87.8. The van der Waals surface area contributed by atoms with Gasteiger partial charge in [-0.05, 0) is 61.2 Å². The molecule has 0 atom stereocenters.